The summed E-state index contributed by atoms with van der Waals surface area (Å²) in [7, 11) is 1.47. The Kier molecular flexibility index (Phi) is 5.93. The third kappa shape index (κ3) is 4.90. The Bertz CT molecular complexity index is 747. The summed E-state index contributed by atoms with van der Waals surface area (Å²) in [5.74, 6) is 0.386. The van der Waals surface area contributed by atoms with Crippen LogP contribution in [0.3, 0.4) is 0 Å². The van der Waals surface area contributed by atoms with Gasteiger partial charge in [-0.2, -0.15) is 0 Å². The molecule has 0 saturated heterocycles. The third-order valence-corrected chi connectivity index (χ3v) is 4.06. The quantitative estimate of drug-likeness (QED) is 0.580. The van der Waals surface area contributed by atoms with Gasteiger partial charge in [0.05, 0.1) is 13.2 Å². The molecule has 2 aromatic carbocycles. The highest BCUT2D eigenvalue weighted by atomic mass is 16.5. The highest BCUT2D eigenvalue weighted by Crippen LogP contribution is 2.33. The van der Waals surface area contributed by atoms with E-state index in [9.17, 15) is 20.4 Å². The van der Waals surface area contributed by atoms with E-state index in [1.165, 1.54) is 13.2 Å². The number of aromatic hydroxyl groups is 3. The van der Waals surface area contributed by atoms with Crippen LogP contribution in [0, 0.1) is 0 Å². The first-order chi connectivity index (χ1) is 11.8. The molecular formula is C20H24O5. The van der Waals surface area contributed by atoms with Crippen molar-refractivity contribution in [1.82, 2.24) is 0 Å². The second-order valence-corrected chi connectivity index (χ2v) is 6.23. The average molecular weight is 344 g/mol. The van der Waals surface area contributed by atoms with Gasteiger partial charge in [0.15, 0.2) is 11.5 Å². The van der Waals surface area contributed by atoms with Crippen molar-refractivity contribution >= 4 is 0 Å². The number of aliphatic hydroxyl groups is 1. The van der Waals surface area contributed by atoms with Gasteiger partial charge in [0.25, 0.3) is 0 Å². The summed E-state index contributed by atoms with van der Waals surface area (Å²) in [6.45, 7) is 5.49. The maximum Gasteiger partial charge on any atom is 0.163 e. The molecular weight excluding hydrogens is 320 g/mol. The highest BCUT2D eigenvalue weighted by Gasteiger charge is 2.15. The fourth-order valence-corrected chi connectivity index (χ4v) is 2.74. The van der Waals surface area contributed by atoms with Crippen molar-refractivity contribution < 1.29 is 25.2 Å². The number of aliphatic hydroxyl groups excluding tert-OH is 1. The summed E-state index contributed by atoms with van der Waals surface area (Å²) in [6.07, 6.45) is 0.756. The van der Waals surface area contributed by atoms with E-state index >= 15 is 0 Å². The molecule has 0 aliphatic carbocycles. The van der Waals surface area contributed by atoms with Gasteiger partial charge in [-0.05, 0) is 49.1 Å². The van der Waals surface area contributed by atoms with Gasteiger partial charge in [0.2, 0.25) is 0 Å². The minimum absolute atomic E-state index is 0.0119. The van der Waals surface area contributed by atoms with E-state index in [1.807, 2.05) is 6.07 Å². The standard InChI is InChI=1S/C20H24O5/c1-12(2)18(23)10-15-6-13(9-19(24)20(15)25-3)4-5-14-7-16(21)11-17(22)8-14/h6-9,11,18,21-24H,1,4-5,10H2,2-3H3. The average Bonchev–Trinajstić information content (AvgIpc) is 2.51. The smallest absolute Gasteiger partial charge is 0.163 e. The Labute approximate surface area is 147 Å². The number of benzene rings is 2. The van der Waals surface area contributed by atoms with Crippen LogP contribution in [0.2, 0.25) is 0 Å². The maximum atomic E-state index is 10.2. The topological polar surface area (TPSA) is 90.2 Å². The van der Waals surface area contributed by atoms with Crippen LogP contribution in [0.4, 0.5) is 0 Å². The minimum Gasteiger partial charge on any atom is -0.508 e. The molecule has 0 spiro atoms. The highest BCUT2D eigenvalue weighted by molar-refractivity contribution is 5.49. The predicted octanol–water partition coefficient (Wildman–Crippen LogP) is 3.08. The number of phenolic OH excluding ortho intramolecular Hbond substituents is 3. The van der Waals surface area contributed by atoms with Crippen LogP contribution in [-0.2, 0) is 19.3 Å². The monoisotopic (exact) mass is 344 g/mol. The number of phenols is 3. The number of ether oxygens (including phenoxy) is 1. The maximum absolute atomic E-state index is 10.2. The van der Waals surface area contributed by atoms with Crippen molar-refractivity contribution in [3.63, 3.8) is 0 Å². The van der Waals surface area contributed by atoms with E-state index < -0.39 is 6.10 Å². The first kappa shape index (κ1) is 18.7. The van der Waals surface area contributed by atoms with E-state index in [0.717, 1.165) is 11.1 Å². The molecule has 0 bridgehead atoms. The molecule has 25 heavy (non-hydrogen) atoms. The van der Waals surface area contributed by atoms with Crippen LogP contribution >= 0.6 is 0 Å². The normalized spacial score (nSPS) is 12.0. The second kappa shape index (κ2) is 7.94. The van der Waals surface area contributed by atoms with Crippen LogP contribution in [0.1, 0.15) is 23.6 Å². The molecule has 0 amide bonds. The van der Waals surface area contributed by atoms with Crippen LogP contribution in [0.5, 0.6) is 23.0 Å². The Morgan fingerprint density at radius 2 is 1.56 bits per heavy atom. The first-order valence-corrected chi connectivity index (χ1v) is 8.04. The van der Waals surface area contributed by atoms with Crippen LogP contribution in [-0.4, -0.2) is 33.6 Å². The fourth-order valence-electron chi connectivity index (χ4n) is 2.74. The molecule has 0 fully saturated rings. The Morgan fingerprint density at radius 1 is 1.00 bits per heavy atom. The zero-order chi connectivity index (χ0) is 18.6. The fraction of sp³-hybridized carbons (Fsp3) is 0.300. The van der Waals surface area contributed by atoms with Gasteiger partial charge < -0.3 is 25.2 Å². The molecule has 0 aliphatic heterocycles. The van der Waals surface area contributed by atoms with Gasteiger partial charge in [0, 0.05) is 18.1 Å². The van der Waals surface area contributed by atoms with Gasteiger partial charge in [-0.3, -0.25) is 0 Å². The SMILES string of the molecule is C=C(C)C(O)Cc1cc(CCc2cc(O)cc(O)c2)cc(O)c1OC. The van der Waals surface area contributed by atoms with Gasteiger partial charge in [-0.1, -0.05) is 18.2 Å². The van der Waals surface area contributed by atoms with Crippen molar-refractivity contribution in [2.75, 3.05) is 7.11 Å². The van der Waals surface area contributed by atoms with E-state index in [2.05, 4.69) is 6.58 Å². The van der Waals surface area contributed by atoms with Crippen molar-refractivity contribution in [3.8, 4) is 23.0 Å². The number of methoxy groups -OCH3 is 1. The summed E-state index contributed by atoms with van der Waals surface area (Å²) in [5, 5.41) is 39.4. The summed E-state index contributed by atoms with van der Waals surface area (Å²) in [5.41, 5.74) is 3.00. The third-order valence-electron chi connectivity index (χ3n) is 4.06. The largest absolute Gasteiger partial charge is 0.508 e. The minimum atomic E-state index is -0.716. The van der Waals surface area contributed by atoms with Gasteiger partial charge in [-0.25, -0.2) is 0 Å². The van der Waals surface area contributed by atoms with E-state index in [-0.39, 0.29) is 17.2 Å². The molecule has 5 heteroatoms. The Morgan fingerprint density at radius 3 is 2.08 bits per heavy atom. The van der Waals surface area contributed by atoms with E-state index in [0.29, 0.717) is 36.1 Å². The predicted molar refractivity (Wildman–Crippen MR) is 96.4 cm³/mol. The molecule has 0 aliphatic rings. The molecule has 2 aromatic rings. The first-order valence-electron chi connectivity index (χ1n) is 8.04. The lowest BCUT2D eigenvalue weighted by molar-refractivity contribution is 0.210. The van der Waals surface area contributed by atoms with Crippen LogP contribution < -0.4 is 4.74 Å². The molecule has 134 valence electrons. The lowest BCUT2D eigenvalue weighted by Crippen LogP contribution is -2.12. The molecule has 4 N–H and O–H groups in total. The van der Waals surface area contributed by atoms with Gasteiger partial charge >= 0.3 is 0 Å². The van der Waals surface area contributed by atoms with E-state index in [4.69, 9.17) is 4.74 Å². The molecule has 1 atom stereocenters. The molecule has 0 aromatic heterocycles. The Hall–Kier alpha value is -2.66. The zero-order valence-electron chi connectivity index (χ0n) is 14.5. The van der Waals surface area contributed by atoms with Gasteiger partial charge in [-0.15, -0.1) is 0 Å². The number of hydrogen-bond acceptors (Lipinski definition) is 5. The summed E-state index contributed by atoms with van der Waals surface area (Å²) >= 11 is 0. The number of rotatable bonds is 7. The van der Waals surface area contributed by atoms with E-state index in [1.54, 1.807) is 25.1 Å². The number of aryl methyl sites for hydroxylation is 2. The van der Waals surface area contributed by atoms with Crippen molar-refractivity contribution in [2.45, 2.75) is 32.3 Å². The zero-order valence-corrected chi connectivity index (χ0v) is 14.5. The molecule has 0 radical (unpaired) electrons. The lowest BCUT2D eigenvalue weighted by Gasteiger charge is -2.16. The summed E-state index contributed by atoms with van der Waals surface area (Å²) in [6, 6.07) is 7.97. The van der Waals surface area contributed by atoms with Crippen LogP contribution in [0.25, 0.3) is 0 Å². The molecule has 2 rings (SSSR count). The second-order valence-electron chi connectivity index (χ2n) is 6.23. The Balaban J connectivity index is 2.23. The number of hydrogen-bond donors (Lipinski definition) is 4. The van der Waals surface area contributed by atoms with Gasteiger partial charge in [0.1, 0.15) is 11.5 Å². The summed E-state index contributed by atoms with van der Waals surface area (Å²) < 4.78 is 5.25. The lowest BCUT2D eigenvalue weighted by atomic mass is 9.97. The van der Waals surface area contributed by atoms with Crippen LogP contribution in [0.15, 0.2) is 42.5 Å². The van der Waals surface area contributed by atoms with Crippen molar-refractivity contribution in [1.29, 1.82) is 0 Å². The molecule has 1 unspecified atom stereocenters. The molecule has 0 saturated carbocycles. The molecule has 0 heterocycles. The summed E-state index contributed by atoms with van der Waals surface area (Å²) in [4.78, 5) is 0. The molecule has 5 nitrogen and oxygen atoms in total. The van der Waals surface area contributed by atoms with Crippen molar-refractivity contribution in [2.24, 2.45) is 0 Å². The van der Waals surface area contributed by atoms with Crippen molar-refractivity contribution in [3.05, 3.63) is 59.2 Å².